The van der Waals surface area contributed by atoms with E-state index in [-0.39, 0.29) is 12.1 Å². The molecule has 0 saturated carbocycles. The summed E-state index contributed by atoms with van der Waals surface area (Å²) in [7, 11) is 0. The lowest BCUT2D eigenvalue weighted by atomic mass is 10.0. The standard InChI is InChI=1S/C20H26N4O3/c1-13-12-19(22-15(3)21-13)27-16-6-8-24(9-7-16)14(2)17-4-5-18-20(23-17)26-11-10-25-18/h4-5,12,14,16H,6-11H2,1-3H3. The second-order valence-corrected chi connectivity index (χ2v) is 7.16. The van der Waals surface area contributed by atoms with Gasteiger partial charge in [-0.15, -0.1) is 0 Å². The van der Waals surface area contributed by atoms with Gasteiger partial charge in [0.15, 0.2) is 5.75 Å². The average Bonchev–Trinajstić information content (AvgIpc) is 2.67. The summed E-state index contributed by atoms with van der Waals surface area (Å²) >= 11 is 0. The van der Waals surface area contributed by atoms with Crippen LogP contribution in [-0.2, 0) is 0 Å². The van der Waals surface area contributed by atoms with Crippen molar-refractivity contribution >= 4 is 0 Å². The smallest absolute Gasteiger partial charge is 0.257 e. The lowest BCUT2D eigenvalue weighted by Crippen LogP contribution is -2.40. The number of ether oxygens (including phenoxy) is 3. The Hall–Kier alpha value is -2.41. The van der Waals surface area contributed by atoms with E-state index in [2.05, 4.69) is 26.8 Å². The molecule has 2 aromatic heterocycles. The molecule has 7 nitrogen and oxygen atoms in total. The van der Waals surface area contributed by atoms with E-state index in [1.165, 1.54) is 0 Å². The molecule has 0 bridgehead atoms. The molecule has 2 aliphatic heterocycles. The summed E-state index contributed by atoms with van der Waals surface area (Å²) in [6, 6.07) is 6.13. The predicted octanol–water partition coefficient (Wildman–Crippen LogP) is 2.86. The van der Waals surface area contributed by atoms with Gasteiger partial charge in [0.05, 0.1) is 5.69 Å². The Labute approximate surface area is 159 Å². The summed E-state index contributed by atoms with van der Waals surface area (Å²) in [5.41, 5.74) is 1.95. The molecule has 1 atom stereocenters. The van der Waals surface area contributed by atoms with E-state index in [4.69, 9.17) is 14.2 Å². The molecular formula is C20H26N4O3. The Morgan fingerprint density at radius 1 is 1.07 bits per heavy atom. The number of piperidine rings is 1. The van der Waals surface area contributed by atoms with Gasteiger partial charge in [0.2, 0.25) is 5.88 Å². The molecule has 2 aromatic rings. The molecule has 7 heteroatoms. The summed E-state index contributed by atoms with van der Waals surface area (Å²) in [6.07, 6.45) is 2.13. The van der Waals surface area contributed by atoms with Crippen molar-refractivity contribution in [3.63, 3.8) is 0 Å². The van der Waals surface area contributed by atoms with Crippen LogP contribution in [-0.4, -0.2) is 52.3 Å². The Morgan fingerprint density at radius 3 is 2.63 bits per heavy atom. The molecule has 0 aromatic carbocycles. The van der Waals surface area contributed by atoms with E-state index in [0.29, 0.717) is 25.0 Å². The van der Waals surface area contributed by atoms with E-state index in [0.717, 1.165) is 48.9 Å². The third kappa shape index (κ3) is 4.13. The highest BCUT2D eigenvalue weighted by Crippen LogP contribution is 2.31. The van der Waals surface area contributed by atoms with Crippen LogP contribution in [0.15, 0.2) is 18.2 Å². The lowest BCUT2D eigenvalue weighted by Gasteiger charge is -2.35. The van der Waals surface area contributed by atoms with Gasteiger partial charge in [-0.2, -0.15) is 4.98 Å². The molecule has 1 unspecified atom stereocenters. The fourth-order valence-corrected chi connectivity index (χ4v) is 3.66. The van der Waals surface area contributed by atoms with Gasteiger partial charge in [0, 0.05) is 30.9 Å². The number of nitrogens with zero attached hydrogens (tertiary/aromatic N) is 4. The largest absolute Gasteiger partial charge is 0.484 e. The van der Waals surface area contributed by atoms with Gasteiger partial charge in [-0.1, -0.05) is 0 Å². The third-order valence-corrected chi connectivity index (χ3v) is 5.11. The van der Waals surface area contributed by atoms with Crippen LogP contribution in [0.5, 0.6) is 17.5 Å². The van der Waals surface area contributed by atoms with Crippen molar-refractivity contribution in [2.24, 2.45) is 0 Å². The van der Waals surface area contributed by atoms with Crippen LogP contribution in [0.1, 0.15) is 43.0 Å². The van der Waals surface area contributed by atoms with Crippen LogP contribution >= 0.6 is 0 Å². The Bertz CT molecular complexity index is 786. The normalized spacial score (nSPS) is 18.9. The van der Waals surface area contributed by atoms with Gasteiger partial charge in [-0.05, 0) is 45.7 Å². The molecular weight excluding hydrogens is 344 g/mol. The second kappa shape index (κ2) is 7.68. The number of fused-ring (bicyclic) bond motifs is 1. The zero-order valence-corrected chi connectivity index (χ0v) is 16.1. The molecule has 0 radical (unpaired) electrons. The Kier molecular flexibility index (Phi) is 5.11. The molecule has 0 spiro atoms. The average molecular weight is 370 g/mol. The van der Waals surface area contributed by atoms with Crippen molar-refractivity contribution in [1.82, 2.24) is 19.9 Å². The first-order valence-electron chi connectivity index (χ1n) is 9.58. The topological polar surface area (TPSA) is 69.6 Å². The van der Waals surface area contributed by atoms with Crippen molar-refractivity contribution in [3.8, 4) is 17.5 Å². The quantitative estimate of drug-likeness (QED) is 0.819. The van der Waals surface area contributed by atoms with Crippen molar-refractivity contribution in [2.45, 2.75) is 45.8 Å². The highest BCUT2D eigenvalue weighted by atomic mass is 16.6. The second-order valence-electron chi connectivity index (χ2n) is 7.16. The van der Waals surface area contributed by atoms with Crippen LogP contribution in [0, 0.1) is 13.8 Å². The highest BCUT2D eigenvalue weighted by molar-refractivity contribution is 5.36. The monoisotopic (exact) mass is 370 g/mol. The number of rotatable bonds is 4. The first-order valence-corrected chi connectivity index (χ1v) is 9.58. The maximum atomic E-state index is 6.10. The molecule has 1 saturated heterocycles. The summed E-state index contributed by atoms with van der Waals surface area (Å²) in [5.74, 6) is 2.78. The van der Waals surface area contributed by atoms with E-state index >= 15 is 0 Å². The minimum absolute atomic E-state index is 0.190. The van der Waals surface area contributed by atoms with Gasteiger partial charge in [0.25, 0.3) is 5.88 Å². The van der Waals surface area contributed by atoms with Crippen molar-refractivity contribution in [2.75, 3.05) is 26.3 Å². The SMILES string of the molecule is Cc1cc(OC2CCN(C(C)c3ccc4c(n3)OCCO4)CC2)nc(C)n1. The van der Waals surface area contributed by atoms with Crippen LogP contribution in [0.25, 0.3) is 0 Å². The molecule has 2 aliphatic rings. The van der Waals surface area contributed by atoms with Crippen molar-refractivity contribution < 1.29 is 14.2 Å². The number of pyridine rings is 1. The minimum Gasteiger partial charge on any atom is -0.484 e. The highest BCUT2D eigenvalue weighted by Gasteiger charge is 2.26. The molecule has 0 amide bonds. The first kappa shape index (κ1) is 18.0. The number of likely N-dealkylation sites (tertiary alicyclic amines) is 1. The molecule has 4 rings (SSSR count). The van der Waals surface area contributed by atoms with Gasteiger partial charge in [-0.3, -0.25) is 4.90 Å². The van der Waals surface area contributed by atoms with Crippen LogP contribution < -0.4 is 14.2 Å². The summed E-state index contributed by atoms with van der Waals surface area (Å²) in [4.78, 5) is 15.8. The number of aromatic nitrogens is 3. The lowest BCUT2D eigenvalue weighted by molar-refractivity contribution is 0.0750. The Morgan fingerprint density at radius 2 is 1.85 bits per heavy atom. The number of aryl methyl sites for hydroxylation is 2. The van der Waals surface area contributed by atoms with Gasteiger partial charge in [0.1, 0.15) is 25.1 Å². The first-order chi connectivity index (χ1) is 13.1. The molecule has 27 heavy (non-hydrogen) atoms. The van der Waals surface area contributed by atoms with E-state index < -0.39 is 0 Å². The number of hydrogen-bond acceptors (Lipinski definition) is 7. The molecule has 1 fully saturated rings. The third-order valence-electron chi connectivity index (χ3n) is 5.11. The van der Waals surface area contributed by atoms with Crippen LogP contribution in [0.3, 0.4) is 0 Å². The van der Waals surface area contributed by atoms with Gasteiger partial charge < -0.3 is 14.2 Å². The van der Waals surface area contributed by atoms with Gasteiger partial charge >= 0.3 is 0 Å². The zero-order valence-electron chi connectivity index (χ0n) is 16.1. The van der Waals surface area contributed by atoms with Crippen molar-refractivity contribution in [3.05, 3.63) is 35.4 Å². The summed E-state index contributed by atoms with van der Waals surface area (Å²) < 4.78 is 17.3. The summed E-state index contributed by atoms with van der Waals surface area (Å²) in [5, 5.41) is 0. The predicted molar refractivity (Wildman–Crippen MR) is 100 cm³/mol. The summed E-state index contributed by atoms with van der Waals surface area (Å²) in [6.45, 7) is 9.12. The fraction of sp³-hybridized carbons (Fsp3) is 0.550. The van der Waals surface area contributed by atoms with E-state index in [1.54, 1.807) is 0 Å². The van der Waals surface area contributed by atoms with Crippen LogP contribution in [0.4, 0.5) is 0 Å². The molecule has 4 heterocycles. The minimum atomic E-state index is 0.190. The molecule has 144 valence electrons. The maximum Gasteiger partial charge on any atom is 0.257 e. The van der Waals surface area contributed by atoms with Gasteiger partial charge in [-0.25, -0.2) is 9.97 Å². The van der Waals surface area contributed by atoms with E-state index in [1.807, 2.05) is 32.0 Å². The van der Waals surface area contributed by atoms with Crippen molar-refractivity contribution in [1.29, 1.82) is 0 Å². The zero-order chi connectivity index (χ0) is 18.8. The molecule has 0 N–H and O–H groups in total. The Balaban J connectivity index is 1.36. The number of hydrogen-bond donors (Lipinski definition) is 0. The van der Waals surface area contributed by atoms with Crippen LogP contribution in [0.2, 0.25) is 0 Å². The maximum absolute atomic E-state index is 6.10. The molecule has 0 aliphatic carbocycles. The fourth-order valence-electron chi connectivity index (χ4n) is 3.66. The van der Waals surface area contributed by atoms with E-state index in [9.17, 15) is 0 Å².